The number of ether oxygens (including phenoxy) is 1. The Morgan fingerprint density at radius 2 is 1.91 bits per heavy atom. The van der Waals surface area contributed by atoms with E-state index >= 15 is 0 Å². The monoisotopic (exact) mass is 462 g/mol. The first-order chi connectivity index (χ1) is 14.8. The standard InChI is InChI=1S/C23H34N4O4S/c1-22(2,3)31-21(28)26-16-17(15-23(26,4)5)11-12-19(18-9-7-6-8-10-18)27-20(13-14-25-27)32(24,29)30/h6-10,13-14,17,19H,11-12,15-16H2,1-5H3,(H2,24,29,30)/t17-,19?/m0/s1. The summed E-state index contributed by atoms with van der Waals surface area (Å²) in [7, 11) is -3.91. The lowest BCUT2D eigenvalue weighted by Gasteiger charge is -2.33. The first kappa shape index (κ1) is 24.3. The topological polar surface area (TPSA) is 108 Å². The maximum Gasteiger partial charge on any atom is 0.410 e. The van der Waals surface area contributed by atoms with Crippen LogP contribution in [0.1, 0.15) is 65.5 Å². The lowest BCUT2D eigenvalue weighted by Crippen LogP contribution is -2.45. The van der Waals surface area contributed by atoms with Crippen molar-refractivity contribution in [3.8, 4) is 0 Å². The van der Waals surface area contributed by atoms with Gasteiger partial charge in [-0.15, -0.1) is 0 Å². The Morgan fingerprint density at radius 1 is 1.25 bits per heavy atom. The van der Waals surface area contributed by atoms with Gasteiger partial charge in [-0.3, -0.25) is 0 Å². The van der Waals surface area contributed by atoms with Gasteiger partial charge in [-0.2, -0.15) is 5.10 Å². The Balaban J connectivity index is 1.79. The lowest BCUT2D eigenvalue weighted by molar-refractivity contribution is 0.0130. The highest BCUT2D eigenvalue weighted by atomic mass is 32.2. The van der Waals surface area contributed by atoms with Gasteiger partial charge in [-0.05, 0) is 71.4 Å². The summed E-state index contributed by atoms with van der Waals surface area (Å²) in [6.45, 7) is 10.3. The first-order valence-corrected chi connectivity index (χ1v) is 12.4. The summed E-state index contributed by atoms with van der Waals surface area (Å²) in [6, 6.07) is 10.8. The number of nitrogens with zero attached hydrogens (tertiary/aromatic N) is 3. The minimum Gasteiger partial charge on any atom is -0.444 e. The molecule has 1 aromatic heterocycles. The normalized spacial score (nSPS) is 19.7. The number of primary sulfonamides is 1. The van der Waals surface area contributed by atoms with Crippen LogP contribution in [0.4, 0.5) is 4.79 Å². The third-order valence-corrected chi connectivity index (χ3v) is 6.73. The van der Waals surface area contributed by atoms with Crippen LogP contribution in [0.5, 0.6) is 0 Å². The molecule has 9 heteroatoms. The highest BCUT2D eigenvalue weighted by Crippen LogP contribution is 2.38. The van der Waals surface area contributed by atoms with Crippen LogP contribution in [-0.4, -0.2) is 46.9 Å². The van der Waals surface area contributed by atoms with Gasteiger partial charge in [-0.25, -0.2) is 23.0 Å². The molecule has 1 saturated heterocycles. The highest BCUT2D eigenvalue weighted by molar-refractivity contribution is 7.89. The van der Waals surface area contributed by atoms with Crippen molar-refractivity contribution in [3.63, 3.8) is 0 Å². The van der Waals surface area contributed by atoms with Crippen molar-refractivity contribution < 1.29 is 17.9 Å². The van der Waals surface area contributed by atoms with E-state index in [4.69, 9.17) is 9.88 Å². The Labute approximate surface area is 190 Å². The number of amides is 1. The molecule has 2 heterocycles. The fourth-order valence-electron chi connectivity index (χ4n) is 4.48. The van der Waals surface area contributed by atoms with Crippen molar-refractivity contribution >= 4 is 16.1 Å². The van der Waals surface area contributed by atoms with Crippen molar-refractivity contribution in [1.29, 1.82) is 0 Å². The van der Waals surface area contributed by atoms with Crippen LogP contribution in [0.25, 0.3) is 0 Å². The van der Waals surface area contributed by atoms with Crippen molar-refractivity contribution in [2.24, 2.45) is 11.1 Å². The fraction of sp³-hybridized carbons (Fsp3) is 0.565. The molecule has 1 aliphatic heterocycles. The molecule has 2 atom stereocenters. The summed E-state index contributed by atoms with van der Waals surface area (Å²) in [5.74, 6) is 0.261. The van der Waals surface area contributed by atoms with Crippen LogP contribution in [-0.2, 0) is 14.8 Å². The van der Waals surface area contributed by atoms with Crippen molar-refractivity contribution in [2.75, 3.05) is 6.54 Å². The van der Waals surface area contributed by atoms with Gasteiger partial charge in [0, 0.05) is 12.1 Å². The number of carbonyl (C=O) groups excluding carboxylic acids is 1. The number of aromatic nitrogens is 2. The Bertz CT molecular complexity index is 1040. The molecule has 8 nitrogen and oxygen atoms in total. The number of carbonyl (C=O) groups is 1. The van der Waals surface area contributed by atoms with E-state index in [1.165, 1.54) is 16.9 Å². The molecule has 0 spiro atoms. The van der Waals surface area contributed by atoms with Crippen LogP contribution in [0.2, 0.25) is 0 Å². The van der Waals surface area contributed by atoms with Crippen LogP contribution in [0.3, 0.4) is 0 Å². The van der Waals surface area contributed by atoms with Crippen LogP contribution < -0.4 is 5.14 Å². The molecule has 1 amide bonds. The second kappa shape index (κ2) is 8.86. The van der Waals surface area contributed by atoms with Gasteiger partial charge >= 0.3 is 6.09 Å². The van der Waals surface area contributed by atoms with E-state index in [0.29, 0.717) is 13.0 Å². The average molecular weight is 463 g/mol. The zero-order chi connectivity index (χ0) is 23.7. The first-order valence-electron chi connectivity index (χ1n) is 10.9. The number of rotatable bonds is 6. The molecule has 176 valence electrons. The maximum absolute atomic E-state index is 12.7. The predicted octanol–water partition coefficient (Wildman–Crippen LogP) is 3.94. The largest absolute Gasteiger partial charge is 0.444 e. The summed E-state index contributed by atoms with van der Waals surface area (Å²) in [5.41, 5.74) is 0.1000. The van der Waals surface area contributed by atoms with Crippen LogP contribution in [0.15, 0.2) is 47.6 Å². The number of hydrogen-bond acceptors (Lipinski definition) is 5. The Kier molecular flexibility index (Phi) is 6.72. The average Bonchev–Trinajstić information content (AvgIpc) is 3.25. The molecule has 2 aromatic rings. The smallest absolute Gasteiger partial charge is 0.410 e. The molecule has 1 aromatic carbocycles. The zero-order valence-corrected chi connectivity index (χ0v) is 20.3. The van der Waals surface area contributed by atoms with E-state index in [-0.39, 0.29) is 28.6 Å². The van der Waals surface area contributed by atoms with Crippen molar-refractivity contribution in [1.82, 2.24) is 14.7 Å². The van der Waals surface area contributed by atoms with Gasteiger partial charge in [-0.1, -0.05) is 30.3 Å². The predicted molar refractivity (Wildman–Crippen MR) is 123 cm³/mol. The van der Waals surface area contributed by atoms with E-state index in [0.717, 1.165) is 18.4 Å². The van der Waals surface area contributed by atoms with E-state index in [2.05, 4.69) is 18.9 Å². The second-order valence-corrected chi connectivity index (χ2v) is 11.6. The molecule has 1 fully saturated rings. The molecule has 0 radical (unpaired) electrons. The number of benzene rings is 1. The molecule has 0 saturated carbocycles. The van der Waals surface area contributed by atoms with Gasteiger partial charge in [0.2, 0.25) is 0 Å². The van der Waals surface area contributed by atoms with Gasteiger partial charge in [0.25, 0.3) is 10.0 Å². The quantitative estimate of drug-likeness (QED) is 0.700. The summed E-state index contributed by atoms with van der Waals surface area (Å²) in [4.78, 5) is 14.5. The Morgan fingerprint density at radius 3 is 2.50 bits per heavy atom. The fourth-order valence-corrected chi connectivity index (χ4v) is 5.16. The third kappa shape index (κ3) is 5.69. The van der Waals surface area contributed by atoms with Crippen LogP contribution in [0, 0.1) is 5.92 Å². The van der Waals surface area contributed by atoms with Gasteiger partial charge < -0.3 is 9.64 Å². The summed E-state index contributed by atoms with van der Waals surface area (Å²) in [5, 5.41) is 9.71. The second-order valence-electron chi connectivity index (χ2n) is 10.1. The zero-order valence-electron chi connectivity index (χ0n) is 19.5. The number of nitrogens with two attached hydrogens (primary N) is 1. The molecule has 32 heavy (non-hydrogen) atoms. The van der Waals surface area contributed by atoms with E-state index < -0.39 is 15.6 Å². The minimum atomic E-state index is -3.91. The van der Waals surface area contributed by atoms with E-state index in [1.54, 1.807) is 0 Å². The summed E-state index contributed by atoms with van der Waals surface area (Å²) >= 11 is 0. The lowest BCUT2D eigenvalue weighted by atomic mass is 9.90. The molecular weight excluding hydrogens is 428 g/mol. The third-order valence-electron chi connectivity index (χ3n) is 5.83. The number of sulfonamides is 1. The van der Waals surface area contributed by atoms with Gasteiger partial charge in [0.05, 0.1) is 12.2 Å². The summed E-state index contributed by atoms with van der Waals surface area (Å²) < 4.78 is 31.3. The van der Waals surface area contributed by atoms with E-state index in [1.807, 2.05) is 56.0 Å². The summed E-state index contributed by atoms with van der Waals surface area (Å²) in [6.07, 6.45) is 3.46. The van der Waals surface area contributed by atoms with Gasteiger partial charge in [0.15, 0.2) is 5.03 Å². The molecule has 1 unspecified atom stereocenters. The number of likely N-dealkylation sites (tertiary alicyclic amines) is 1. The molecular formula is C23H34N4O4S. The molecule has 3 rings (SSSR count). The SMILES string of the molecule is CC(C)(C)OC(=O)N1C[C@@H](CCC(c2ccccc2)n2nccc2S(N)(=O)=O)CC1(C)C. The van der Waals surface area contributed by atoms with Crippen molar-refractivity contribution in [3.05, 3.63) is 48.2 Å². The maximum atomic E-state index is 12.7. The molecule has 0 bridgehead atoms. The number of hydrogen-bond donors (Lipinski definition) is 1. The van der Waals surface area contributed by atoms with Crippen molar-refractivity contribution in [2.45, 2.75) is 76.1 Å². The van der Waals surface area contributed by atoms with E-state index in [9.17, 15) is 13.2 Å². The minimum absolute atomic E-state index is 0.00603. The van der Waals surface area contributed by atoms with Gasteiger partial charge in [0.1, 0.15) is 5.60 Å². The molecule has 1 aliphatic rings. The molecule has 0 aliphatic carbocycles. The van der Waals surface area contributed by atoms with Crippen LogP contribution >= 0.6 is 0 Å². The highest BCUT2D eigenvalue weighted by Gasteiger charge is 2.43. The Hall–Kier alpha value is -2.39. The molecule has 2 N–H and O–H groups in total.